The fourth-order valence-electron chi connectivity index (χ4n) is 1.69. The number of halogens is 1. The zero-order chi connectivity index (χ0) is 13.4. The molecule has 4 heteroatoms. The molecule has 1 rings (SSSR count). The van der Waals surface area contributed by atoms with Gasteiger partial charge in [-0.05, 0) is 31.5 Å². The van der Waals surface area contributed by atoms with Gasteiger partial charge >= 0.3 is 0 Å². The number of hydrogen-bond acceptors (Lipinski definition) is 2. The third-order valence-electron chi connectivity index (χ3n) is 2.93. The van der Waals surface area contributed by atoms with Gasteiger partial charge in [-0.3, -0.25) is 4.79 Å². The van der Waals surface area contributed by atoms with E-state index in [1.165, 1.54) is 6.07 Å². The predicted octanol–water partition coefficient (Wildman–Crippen LogP) is 1.73. The maximum Gasteiger partial charge on any atom is 0.222 e. The first-order chi connectivity index (χ1) is 8.65. The highest BCUT2D eigenvalue weighted by Gasteiger charge is 2.12. The molecular formula is C14H21FN2O. The number of amides is 1. The Morgan fingerprint density at radius 3 is 2.72 bits per heavy atom. The monoisotopic (exact) mass is 252 g/mol. The lowest BCUT2D eigenvalue weighted by atomic mass is 10.00. The van der Waals surface area contributed by atoms with Gasteiger partial charge in [-0.2, -0.15) is 0 Å². The number of aryl methyl sites for hydroxylation is 1. The van der Waals surface area contributed by atoms with Gasteiger partial charge in [-0.25, -0.2) is 4.39 Å². The summed E-state index contributed by atoms with van der Waals surface area (Å²) in [7, 11) is 1.84. The van der Waals surface area contributed by atoms with E-state index in [4.69, 9.17) is 0 Å². The summed E-state index contributed by atoms with van der Waals surface area (Å²) in [5.74, 6) is -0.261. The fraction of sp³-hybridized carbons (Fsp3) is 0.500. The summed E-state index contributed by atoms with van der Waals surface area (Å²) in [5, 5.41) is 5.80. The summed E-state index contributed by atoms with van der Waals surface area (Å²) in [5.41, 5.74) is 0.673. The second-order valence-corrected chi connectivity index (χ2v) is 4.43. The van der Waals surface area contributed by atoms with Gasteiger partial charge in [0.1, 0.15) is 5.82 Å². The van der Waals surface area contributed by atoms with Crippen LogP contribution in [-0.4, -0.2) is 26.0 Å². The Bertz CT molecular complexity index is 382. The third kappa shape index (κ3) is 4.84. The summed E-state index contributed by atoms with van der Waals surface area (Å²) in [6, 6.07) is 6.71. The molecule has 2 N–H and O–H groups in total. The molecule has 0 fully saturated rings. The minimum atomic E-state index is -0.194. The molecule has 0 radical (unpaired) electrons. The van der Waals surface area contributed by atoms with E-state index in [1.807, 2.05) is 20.0 Å². The van der Waals surface area contributed by atoms with Crippen LogP contribution in [0, 0.1) is 11.7 Å². The Morgan fingerprint density at radius 2 is 2.06 bits per heavy atom. The van der Waals surface area contributed by atoms with E-state index >= 15 is 0 Å². The summed E-state index contributed by atoms with van der Waals surface area (Å²) in [4.78, 5) is 11.7. The molecule has 0 aliphatic rings. The highest BCUT2D eigenvalue weighted by atomic mass is 19.1. The molecule has 0 heterocycles. The molecule has 1 atom stereocenters. The quantitative estimate of drug-likeness (QED) is 0.726. The maximum atomic E-state index is 13.4. The van der Waals surface area contributed by atoms with E-state index in [2.05, 4.69) is 10.6 Å². The van der Waals surface area contributed by atoms with Gasteiger partial charge < -0.3 is 10.6 Å². The van der Waals surface area contributed by atoms with Crippen molar-refractivity contribution in [1.29, 1.82) is 0 Å². The van der Waals surface area contributed by atoms with Crippen LogP contribution in [-0.2, 0) is 11.2 Å². The van der Waals surface area contributed by atoms with Gasteiger partial charge in [-0.1, -0.05) is 25.1 Å². The lowest BCUT2D eigenvalue weighted by Gasteiger charge is -2.12. The molecule has 3 nitrogen and oxygen atoms in total. The lowest BCUT2D eigenvalue weighted by Crippen LogP contribution is -2.34. The molecule has 1 amide bonds. The second kappa shape index (κ2) is 7.82. The maximum absolute atomic E-state index is 13.4. The van der Waals surface area contributed by atoms with Crippen LogP contribution in [0.3, 0.4) is 0 Å². The third-order valence-corrected chi connectivity index (χ3v) is 2.93. The molecule has 0 aliphatic heterocycles. The van der Waals surface area contributed by atoms with Crippen molar-refractivity contribution in [2.75, 3.05) is 20.1 Å². The molecule has 1 unspecified atom stereocenters. The van der Waals surface area contributed by atoms with Crippen LogP contribution in [0.1, 0.15) is 18.9 Å². The van der Waals surface area contributed by atoms with E-state index in [9.17, 15) is 9.18 Å². The van der Waals surface area contributed by atoms with Gasteiger partial charge in [0.05, 0.1) is 0 Å². The largest absolute Gasteiger partial charge is 0.355 e. The van der Waals surface area contributed by atoms with Crippen LogP contribution in [0.2, 0.25) is 0 Å². The van der Waals surface area contributed by atoms with E-state index in [-0.39, 0.29) is 17.6 Å². The summed E-state index contributed by atoms with van der Waals surface area (Å²) >= 11 is 0. The Kier molecular flexibility index (Phi) is 6.36. The zero-order valence-corrected chi connectivity index (χ0v) is 11.0. The average molecular weight is 252 g/mol. The highest BCUT2D eigenvalue weighted by Crippen LogP contribution is 2.12. The summed E-state index contributed by atoms with van der Waals surface area (Å²) in [6.07, 6.45) is 1.25. The van der Waals surface area contributed by atoms with Crippen molar-refractivity contribution < 1.29 is 9.18 Å². The summed E-state index contributed by atoms with van der Waals surface area (Å²) < 4.78 is 13.4. The van der Waals surface area contributed by atoms with Crippen LogP contribution >= 0.6 is 0 Å². The smallest absolute Gasteiger partial charge is 0.222 e. The van der Waals surface area contributed by atoms with Crippen molar-refractivity contribution >= 4 is 5.91 Å². The standard InChI is InChI=1S/C14H21FN2O/c1-11(14(18)17-10-9-16-2)7-8-12-5-3-4-6-13(12)15/h3-6,11,16H,7-10H2,1-2H3,(H,17,18). The molecule has 0 saturated heterocycles. The Morgan fingerprint density at radius 1 is 1.33 bits per heavy atom. The highest BCUT2D eigenvalue weighted by molar-refractivity contribution is 5.78. The van der Waals surface area contributed by atoms with Gasteiger partial charge in [0.25, 0.3) is 0 Å². The minimum Gasteiger partial charge on any atom is -0.355 e. The van der Waals surface area contributed by atoms with Gasteiger partial charge in [0, 0.05) is 19.0 Å². The number of rotatable bonds is 7. The molecule has 1 aromatic rings. The van der Waals surface area contributed by atoms with E-state index < -0.39 is 0 Å². The fourth-order valence-corrected chi connectivity index (χ4v) is 1.69. The molecule has 100 valence electrons. The van der Waals surface area contributed by atoms with Crippen molar-refractivity contribution in [1.82, 2.24) is 10.6 Å². The van der Waals surface area contributed by atoms with Gasteiger partial charge in [0.15, 0.2) is 0 Å². The van der Waals surface area contributed by atoms with Crippen molar-refractivity contribution in [3.63, 3.8) is 0 Å². The Labute approximate surface area is 108 Å². The SMILES string of the molecule is CNCCNC(=O)C(C)CCc1ccccc1F. The van der Waals surface area contributed by atoms with Crippen LogP contribution < -0.4 is 10.6 Å². The molecule has 0 saturated carbocycles. The Hall–Kier alpha value is -1.42. The number of nitrogens with one attached hydrogen (secondary N) is 2. The number of carbonyl (C=O) groups excluding carboxylic acids is 1. The summed E-state index contributed by atoms with van der Waals surface area (Å²) in [6.45, 7) is 3.25. The number of likely N-dealkylation sites (N-methyl/N-ethyl adjacent to an activating group) is 1. The topological polar surface area (TPSA) is 41.1 Å². The van der Waals surface area contributed by atoms with E-state index in [1.54, 1.807) is 12.1 Å². The second-order valence-electron chi connectivity index (χ2n) is 4.43. The lowest BCUT2D eigenvalue weighted by molar-refractivity contribution is -0.124. The first-order valence-corrected chi connectivity index (χ1v) is 6.31. The van der Waals surface area contributed by atoms with E-state index in [0.29, 0.717) is 24.9 Å². The zero-order valence-electron chi connectivity index (χ0n) is 11.0. The molecule has 0 aliphatic carbocycles. The number of benzene rings is 1. The molecule has 0 bridgehead atoms. The minimum absolute atomic E-state index is 0.0292. The number of carbonyl (C=O) groups is 1. The molecule has 0 spiro atoms. The van der Waals surface area contributed by atoms with Crippen LogP contribution in [0.15, 0.2) is 24.3 Å². The average Bonchev–Trinajstić information content (AvgIpc) is 2.37. The van der Waals surface area contributed by atoms with Crippen molar-refractivity contribution in [3.05, 3.63) is 35.6 Å². The molecule has 1 aromatic carbocycles. The van der Waals surface area contributed by atoms with Crippen molar-refractivity contribution in [2.24, 2.45) is 5.92 Å². The molecule has 18 heavy (non-hydrogen) atoms. The molecule has 0 aromatic heterocycles. The van der Waals surface area contributed by atoms with Crippen LogP contribution in [0.5, 0.6) is 0 Å². The first kappa shape index (κ1) is 14.6. The van der Waals surface area contributed by atoms with Crippen molar-refractivity contribution in [3.8, 4) is 0 Å². The number of hydrogen-bond donors (Lipinski definition) is 2. The first-order valence-electron chi connectivity index (χ1n) is 6.31. The van der Waals surface area contributed by atoms with Gasteiger partial charge in [0.2, 0.25) is 5.91 Å². The van der Waals surface area contributed by atoms with Gasteiger partial charge in [-0.15, -0.1) is 0 Å². The van der Waals surface area contributed by atoms with Crippen LogP contribution in [0.4, 0.5) is 4.39 Å². The predicted molar refractivity (Wildman–Crippen MR) is 70.8 cm³/mol. The molecular weight excluding hydrogens is 231 g/mol. The van der Waals surface area contributed by atoms with Crippen molar-refractivity contribution in [2.45, 2.75) is 19.8 Å². The van der Waals surface area contributed by atoms with E-state index in [0.717, 1.165) is 6.54 Å². The Balaban J connectivity index is 2.34. The normalized spacial score (nSPS) is 12.2. The van der Waals surface area contributed by atoms with Crippen LogP contribution in [0.25, 0.3) is 0 Å².